The summed E-state index contributed by atoms with van der Waals surface area (Å²) in [6.07, 6.45) is 6.52. The molecule has 4 heterocycles. The largest absolute Gasteiger partial charge is 0.497 e. The molecule has 14 heteroatoms. The van der Waals surface area contributed by atoms with E-state index in [-0.39, 0.29) is 60.0 Å². The number of nitrogens with zero attached hydrogens (tertiary/aromatic N) is 5. The van der Waals surface area contributed by atoms with Crippen LogP contribution in [-0.2, 0) is 31.1 Å². The summed E-state index contributed by atoms with van der Waals surface area (Å²) in [7, 11) is 4.09. The number of carbonyl (C=O) groups excluding carboxylic acids is 3. The normalized spacial score (nSPS) is 23.6. The quantitative estimate of drug-likeness (QED) is 0.299. The van der Waals surface area contributed by atoms with Gasteiger partial charge in [-0.05, 0) is 100.0 Å². The Balaban J connectivity index is 1.38. The molecule has 0 bridgehead atoms. The topological polar surface area (TPSA) is 134 Å². The molecule has 3 amide bonds. The summed E-state index contributed by atoms with van der Waals surface area (Å²) < 4.78 is 43.5. The van der Waals surface area contributed by atoms with Crippen molar-refractivity contribution in [1.82, 2.24) is 28.3 Å². The monoisotopic (exact) mass is 788 g/mol. The molecule has 0 radical (unpaired) electrons. The van der Waals surface area contributed by atoms with Gasteiger partial charge >= 0.3 is 10.2 Å². The fourth-order valence-corrected chi connectivity index (χ4v) is 10.4. The van der Waals surface area contributed by atoms with Crippen molar-refractivity contribution in [3.05, 3.63) is 53.1 Å². The number of morpholine rings is 1. The maximum Gasteiger partial charge on any atom is 0.303 e. The molecule has 3 aliphatic heterocycles. The molecule has 2 saturated carbocycles. The molecule has 1 N–H and O–H groups in total. The van der Waals surface area contributed by atoms with Gasteiger partial charge < -0.3 is 28.7 Å². The summed E-state index contributed by atoms with van der Waals surface area (Å²) in [6, 6.07) is 11.5. The van der Waals surface area contributed by atoms with Crippen LogP contribution >= 0.6 is 0 Å². The van der Waals surface area contributed by atoms with Gasteiger partial charge in [0.1, 0.15) is 5.75 Å². The summed E-state index contributed by atoms with van der Waals surface area (Å²) in [6.45, 7) is 6.54. The Morgan fingerprint density at radius 3 is 2.23 bits per heavy atom. The van der Waals surface area contributed by atoms with Crippen LogP contribution in [0.5, 0.6) is 5.75 Å². The Hall–Kier alpha value is -3.98. The first kappa shape index (κ1) is 38.9. The average molecular weight is 789 g/mol. The zero-order chi connectivity index (χ0) is 39.9. The molecule has 3 unspecified atom stereocenters. The molecule has 56 heavy (non-hydrogen) atoms. The maximum absolute atomic E-state index is 15.9. The first-order chi connectivity index (χ1) is 26.6. The molecule has 2 saturated heterocycles. The lowest BCUT2D eigenvalue weighted by Gasteiger charge is -2.44. The summed E-state index contributed by atoms with van der Waals surface area (Å²) in [5.74, 6) is -0.248. The number of amides is 3. The molecule has 2 aromatic carbocycles. The molecule has 8 rings (SSSR count). The van der Waals surface area contributed by atoms with E-state index in [1.165, 1.54) is 14.1 Å². The second-order valence-corrected chi connectivity index (χ2v) is 19.4. The number of methoxy groups -OCH3 is 1. The molecule has 3 atom stereocenters. The number of aromatic nitrogens is 1. The van der Waals surface area contributed by atoms with Crippen molar-refractivity contribution < 1.29 is 32.3 Å². The highest BCUT2D eigenvalue weighted by Crippen LogP contribution is 2.58. The van der Waals surface area contributed by atoms with Crippen molar-refractivity contribution in [3.8, 4) is 17.0 Å². The summed E-state index contributed by atoms with van der Waals surface area (Å²) in [5, 5.41) is 0.967. The highest BCUT2D eigenvalue weighted by atomic mass is 32.2. The van der Waals surface area contributed by atoms with Crippen molar-refractivity contribution in [2.24, 2.45) is 5.41 Å². The van der Waals surface area contributed by atoms with Gasteiger partial charge in [0, 0.05) is 74.8 Å². The number of carbonyl (C=O) groups is 3. The van der Waals surface area contributed by atoms with Crippen LogP contribution in [0.2, 0.25) is 0 Å². The van der Waals surface area contributed by atoms with Crippen molar-refractivity contribution in [2.45, 2.75) is 88.4 Å². The molecule has 302 valence electrons. The SMILES string of the molecule is CCCC(CC)c1c2n(c3cc(C(=O)NS(=O)(=O)N(C)C)ccc13)CC1(C(=O)N3CC4(CC4)OC4(CC4)C3)CN(C(=O)CN(C)C)CC1c1cc(OC)ccc1-2. The van der Waals surface area contributed by atoms with E-state index in [0.29, 0.717) is 25.4 Å². The number of nitrogens with one attached hydrogen (secondary N) is 1. The Morgan fingerprint density at radius 1 is 0.946 bits per heavy atom. The van der Waals surface area contributed by atoms with Crippen LogP contribution in [0.1, 0.15) is 92.1 Å². The Bertz CT molecular complexity index is 2190. The minimum atomic E-state index is -4.05. The second kappa shape index (κ2) is 13.8. The first-order valence-corrected chi connectivity index (χ1v) is 21.5. The first-order valence-electron chi connectivity index (χ1n) is 20.1. The molecule has 2 spiro atoms. The van der Waals surface area contributed by atoms with E-state index >= 15 is 4.79 Å². The van der Waals surface area contributed by atoms with E-state index in [1.54, 1.807) is 19.2 Å². The van der Waals surface area contributed by atoms with E-state index in [1.807, 2.05) is 36.0 Å². The van der Waals surface area contributed by atoms with Crippen LogP contribution in [0.25, 0.3) is 22.2 Å². The van der Waals surface area contributed by atoms with Crippen LogP contribution in [0, 0.1) is 5.41 Å². The molecule has 5 aliphatic rings. The second-order valence-electron chi connectivity index (χ2n) is 17.5. The maximum atomic E-state index is 15.9. The third-order valence-corrected chi connectivity index (χ3v) is 14.4. The van der Waals surface area contributed by atoms with Crippen molar-refractivity contribution in [3.63, 3.8) is 0 Å². The fourth-order valence-electron chi connectivity index (χ4n) is 9.85. The fraction of sp³-hybridized carbons (Fsp3) is 0.595. The van der Waals surface area contributed by atoms with E-state index in [0.717, 1.165) is 82.5 Å². The lowest BCUT2D eigenvalue weighted by Crippen LogP contribution is -2.58. The van der Waals surface area contributed by atoms with Gasteiger partial charge in [0.15, 0.2) is 0 Å². The molecule has 4 fully saturated rings. The Kier molecular flexibility index (Phi) is 9.61. The molecule has 3 aromatic rings. The van der Waals surface area contributed by atoms with E-state index < -0.39 is 21.5 Å². The Morgan fingerprint density at radius 2 is 1.64 bits per heavy atom. The summed E-state index contributed by atoms with van der Waals surface area (Å²) in [5.41, 5.74) is 3.39. The van der Waals surface area contributed by atoms with Crippen LogP contribution in [0.15, 0.2) is 36.4 Å². The van der Waals surface area contributed by atoms with Gasteiger partial charge in [0.05, 0.1) is 36.0 Å². The minimum absolute atomic E-state index is 0.0279. The average Bonchev–Trinajstić information content (AvgIpc) is 4.03. The number of likely N-dealkylation sites (tertiary alicyclic amines) is 1. The molecule has 2 aliphatic carbocycles. The van der Waals surface area contributed by atoms with Crippen molar-refractivity contribution in [1.29, 1.82) is 0 Å². The van der Waals surface area contributed by atoms with Gasteiger partial charge in [-0.3, -0.25) is 14.4 Å². The number of ether oxygens (including phenoxy) is 2. The van der Waals surface area contributed by atoms with Crippen LogP contribution in [0.4, 0.5) is 0 Å². The lowest BCUT2D eigenvalue weighted by molar-refractivity contribution is -0.164. The molecule has 1 aromatic heterocycles. The zero-order valence-corrected chi connectivity index (χ0v) is 34.6. The van der Waals surface area contributed by atoms with E-state index in [2.05, 4.69) is 40.2 Å². The molecule has 13 nitrogen and oxygen atoms in total. The predicted molar refractivity (Wildman–Crippen MR) is 214 cm³/mol. The summed E-state index contributed by atoms with van der Waals surface area (Å²) >= 11 is 0. The third kappa shape index (κ3) is 6.50. The zero-order valence-electron chi connectivity index (χ0n) is 33.8. The van der Waals surface area contributed by atoms with E-state index in [4.69, 9.17) is 9.47 Å². The molecular formula is C42H56N6O7S. The van der Waals surface area contributed by atoms with Gasteiger partial charge in [-0.2, -0.15) is 12.7 Å². The van der Waals surface area contributed by atoms with Crippen molar-refractivity contribution >= 4 is 38.8 Å². The number of hydrogen-bond donors (Lipinski definition) is 1. The highest BCUT2D eigenvalue weighted by Gasteiger charge is 2.64. The number of rotatable bonds is 11. The number of benzene rings is 2. The van der Waals surface area contributed by atoms with Crippen LogP contribution in [-0.4, -0.2) is 129 Å². The van der Waals surface area contributed by atoms with Gasteiger partial charge in [-0.15, -0.1) is 0 Å². The summed E-state index contributed by atoms with van der Waals surface area (Å²) in [4.78, 5) is 49.4. The highest BCUT2D eigenvalue weighted by molar-refractivity contribution is 7.87. The standard InChI is InChI=1S/C42H56N6O7S/c1-8-10-27(9-2)36-31-13-11-28(38(50)43-56(52,53)45(5)6)19-34(31)48-26-42(39(51)47-23-40(15-16-40)55-41(24-47)17-18-41)25-46(35(49)22-44(3)4)21-33(42)32-20-29(54-7)12-14-30(32)37(36)48/h11-14,19-20,27,33H,8-10,15-18,21-26H2,1-7H3,(H,43,50). The van der Waals surface area contributed by atoms with Gasteiger partial charge in [0.25, 0.3) is 5.91 Å². The Labute approximate surface area is 330 Å². The smallest absolute Gasteiger partial charge is 0.303 e. The number of hydrogen-bond acceptors (Lipinski definition) is 8. The predicted octanol–water partition coefficient (Wildman–Crippen LogP) is 4.56. The number of fused-ring (bicyclic) bond motifs is 7. The van der Waals surface area contributed by atoms with E-state index in [9.17, 15) is 18.0 Å². The third-order valence-electron chi connectivity index (χ3n) is 13.0. The van der Waals surface area contributed by atoms with Gasteiger partial charge in [0.2, 0.25) is 11.8 Å². The molecular weight excluding hydrogens is 733 g/mol. The minimum Gasteiger partial charge on any atom is -0.497 e. The number of likely N-dealkylation sites (N-methyl/N-ethyl adjacent to an activating group) is 1. The van der Waals surface area contributed by atoms with Crippen LogP contribution in [0.3, 0.4) is 0 Å². The van der Waals surface area contributed by atoms with Crippen molar-refractivity contribution in [2.75, 3.05) is 68.0 Å². The van der Waals surface area contributed by atoms with Crippen LogP contribution < -0.4 is 9.46 Å². The van der Waals surface area contributed by atoms with Gasteiger partial charge in [-0.1, -0.05) is 26.3 Å². The van der Waals surface area contributed by atoms with Gasteiger partial charge in [-0.25, -0.2) is 4.72 Å². The lowest BCUT2D eigenvalue weighted by atomic mass is 9.72.